The van der Waals surface area contributed by atoms with Gasteiger partial charge in [-0.15, -0.1) is 6.58 Å². The van der Waals surface area contributed by atoms with Gasteiger partial charge in [-0.1, -0.05) is 24.3 Å². The number of nitrogens with one attached hydrogen (secondary N) is 1. The van der Waals surface area contributed by atoms with Gasteiger partial charge in [0.15, 0.2) is 11.5 Å². The van der Waals surface area contributed by atoms with E-state index in [1.165, 1.54) is 55.7 Å². The van der Waals surface area contributed by atoms with Gasteiger partial charge in [-0.05, 0) is 35.9 Å². The molecule has 0 saturated heterocycles. The van der Waals surface area contributed by atoms with Crippen LogP contribution in [0.3, 0.4) is 0 Å². The van der Waals surface area contributed by atoms with Gasteiger partial charge >= 0.3 is 5.97 Å². The first kappa shape index (κ1) is 20.4. The number of hydrogen-bond acceptors (Lipinski definition) is 5. The first-order valence-corrected chi connectivity index (χ1v) is 8.15. The van der Waals surface area contributed by atoms with E-state index in [2.05, 4.69) is 11.9 Å². The second kappa shape index (κ2) is 9.69. The second-order valence-corrected chi connectivity index (χ2v) is 5.45. The number of carbonyl (C=O) groups excluding carboxylic acids is 2. The molecular weight excluding hydrogens is 363 g/mol. The summed E-state index contributed by atoms with van der Waals surface area (Å²) in [5.74, 6) is -1.86. The van der Waals surface area contributed by atoms with Crippen molar-refractivity contribution in [3.8, 4) is 17.6 Å². The molecular formula is C21H17FN2O4. The summed E-state index contributed by atoms with van der Waals surface area (Å²) >= 11 is 0. The molecule has 0 aromatic heterocycles. The summed E-state index contributed by atoms with van der Waals surface area (Å²) in [4.78, 5) is 24.1. The highest BCUT2D eigenvalue weighted by Gasteiger charge is 2.16. The summed E-state index contributed by atoms with van der Waals surface area (Å²) in [7, 11) is 1.37. The Morgan fingerprint density at radius 2 is 2.00 bits per heavy atom. The Morgan fingerprint density at radius 1 is 1.25 bits per heavy atom. The molecule has 142 valence electrons. The first-order chi connectivity index (χ1) is 13.5. The first-order valence-electron chi connectivity index (χ1n) is 8.15. The fourth-order valence-corrected chi connectivity index (χ4v) is 2.22. The molecule has 1 amide bonds. The smallest absolute Gasteiger partial charge is 0.346 e. The van der Waals surface area contributed by atoms with Crippen molar-refractivity contribution < 1.29 is 23.5 Å². The van der Waals surface area contributed by atoms with Crippen molar-refractivity contribution in [1.82, 2.24) is 5.32 Å². The molecule has 0 atom stereocenters. The van der Waals surface area contributed by atoms with E-state index in [0.717, 1.165) is 6.07 Å². The van der Waals surface area contributed by atoms with Gasteiger partial charge in [0.25, 0.3) is 5.91 Å². The molecule has 6 nitrogen and oxygen atoms in total. The zero-order chi connectivity index (χ0) is 20.5. The van der Waals surface area contributed by atoms with Crippen molar-refractivity contribution >= 4 is 18.0 Å². The number of benzene rings is 2. The Bertz CT molecular complexity index is 977. The van der Waals surface area contributed by atoms with Gasteiger partial charge < -0.3 is 14.8 Å². The molecule has 0 bridgehead atoms. The predicted octanol–water partition coefficient (Wildman–Crippen LogP) is 3.26. The number of halogens is 1. The van der Waals surface area contributed by atoms with Crippen molar-refractivity contribution in [2.45, 2.75) is 0 Å². The third kappa shape index (κ3) is 5.05. The monoisotopic (exact) mass is 380 g/mol. The molecule has 7 heteroatoms. The predicted molar refractivity (Wildman–Crippen MR) is 101 cm³/mol. The largest absolute Gasteiger partial charge is 0.493 e. The summed E-state index contributed by atoms with van der Waals surface area (Å²) in [5, 5.41) is 11.7. The molecule has 0 heterocycles. The van der Waals surface area contributed by atoms with Crippen LogP contribution in [0.15, 0.2) is 60.7 Å². The Labute approximate surface area is 161 Å². The number of methoxy groups -OCH3 is 1. The van der Waals surface area contributed by atoms with Gasteiger partial charge in [-0.2, -0.15) is 5.26 Å². The van der Waals surface area contributed by atoms with Crippen LogP contribution in [0.5, 0.6) is 11.5 Å². The lowest BCUT2D eigenvalue weighted by Crippen LogP contribution is -2.24. The number of ether oxygens (including phenoxy) is 2. The zero-order valence-electron chi connectivity index (χ0n) is 15.1. The van der Waals surface area contributed by atoms with Crippen LogP contribution in [0.4, 0.5) is 4.39 Å². The van der Waals surface area contributed by atoms with Crippen molar-refractivity contribution in [3.05, 3.63) is 77.6 Å². The molecule has 0 saturated carbocycles. The van der Waals surface area contributed by atoms with Crippen molar-refractivity contribution in [2.24, 2.45) is 0 Å². The Balaban J connectivity index is 2.26. The van der Waals surface area contributed by atoms with Gasteiger partial charge in [0.2, 0.25) is 0 Å². The normalized spacial score (nSPS) is 10.5. The average Bonchev–Trinajstić information content (AvgIpc) is 2.71. The summed E-state index contributed by atoms with van der Waals surface area (Å²) in [5.41, 5.74) is 0.159. The van der Waals surface area contributed by atoms with Crippen LogP contribution in [0.1, 0.15) is 15.9 Å². The quantitative estimate of drug-likeness (QED) is 0.262. The standard InChI is InChI=1S/C21H17FN2O4/c1-3-10-24-20(25)15(13-23)11-14-8-9-18(19(12-14)27-2)28-21(26)16-6-4-5-7-17(16)22/h3-9,11-12H,1,10H2,2H3,(H,24,25)/b15-11+. The van der Waals surface area contributed by atoms with Crippen LogP contribution in [0, 0.1) is 17.1 Å². The number of hydrogen-bond donors (Lipinski definition) is 1. The summed E-state index contributed by atoms with van der Waals surface area (Å²) in [6.45, 7) is 3.71. The van der Waals surface area contributed by atoms with Crippen LogP contribution < -0.4 is 14.8 Å². The summed E-state index contributed by atoms with van der Waals surface area (Å²) in [6, 6.07) is 11.7. The lowest BCUT2D eigenvalue weighted by Gasteiger charge is -2.10. The van der Waals surface area contributed by atoms with E-state index in [0.29, 0.717) is 5.56 Å². The van der Waals surface area contributed by atoms with Gasteiger partial charge in [-0.25, -0.2) is 9.18 Å². The Kier molecular flexibility index (Phi) is 7.06. The van der Waals surface area contributed by atoms with E-state index in [-0.39, 0.29) is 29.2 Å². The average molecular weight is 380 g/mol. The number of rotatable bonds is 7. The number of esters is 1. The SMILES string of the molecule is C=CCNC(=O)/C(C#N)=C/c1ccc(OC(=O)c2ccccc2F)c(OC)c1. The minimum atomic E-state index is -0.874. The van der Waals surface area contributed by atoms with Crippen molar-refractivity contribution in [2.75, 3.05) is 13.7 Å². The van der Waals surface area contributed by atoms with Crippen LogP contribution in [0.25, 0.3) is 6.08 Å². The van der Waals surface area contributed by atoms with Gasteiger partial charge in [0.1, 0.15) is 17.5 Å². The topological polar surface area (TPSA) is 88.4 Å². The van der Waals surface area contributed by atoms with Crippen LogP contribution in [0.2, 0.25) is 0 Å². The summed E-state index contributed by atoms with van der Waals surface area (Å²) < 4.78 is 24.1. The zero-order valence-corrected chi connectivity index (χ0v) is 15.1. The van der Waals surface area contributed by atoms with Gasteiger partial charge in [0.05, 0.1) is 12.7 Å². The van der Waals surface area contributed by atoms with E-state index >= 15 is 0 Å². The molecule has 0 unspecified atom stereocenters. The minimum absolute atomic E-state index is 0.0718. The van der Waals surface area contributed by atoms with Crippen LogP contribution in [-0.2, 0) is 4.79 Å². The fraction of sp³-hybridized carbons (Fsp3) is 0.0952. The molecule has 2 aromatic carbocycles. The number of nitriles is 1. The maximum absolute atomic E-state index is 13.7. The van der Waals surface area contributed by atoms with Crippen LogP contribution >= 0.6 is 0 Å². The highest BCUT2D eigenvalue weighted by molar-refractivity contribution is 6.01. The maximum atomic E-state index is 13.7. The molecule has 0 aliphatic carbocycles. The summed E-state index contributed by atoms with van der Waals surface area (Å²) in [6.07, 6.45) is 2.86. The Hall–Kier alpha value is -3.92. The third-order valence-corrected chi connectivity index (χ3v) is 3.57. The van der Waals surface area contributed by atoms with Crippen molar-refractivity contribution in [3.63, 3.8) is 0 Å². The van der Waals surface area contributed by atoms with Gasteiger partial charge in [-0.3, -0.25) is 4.79 Å². The molecule has 0 spiro atoms. The number of carbonyl (C=O) groups is 2. The maximum Gasteiger partial charge on any atom is 0.346 e. The van der Waals surface area contributed by atoms with E-state index in [4.69, 9.17) is 14.7 Å². The van der Waals surface area contributed by atoms with Crippen molar-refractivity contribution in [1.29, 1.82) is 5.26 Å². The molecule has 1 N–H and O–H groups in total. The lowest BCUT2D eigenvalue weighted by molar-refractivity contribution is -0.116. The van der Waals surface area contributed by atoms with E-state index in [1.807, 2.05) is 6.07 Å². The van der Waals surface area contributed by atoms with E-state index < -0.39 is 17.7 Å². The molecule has 0 aliphatic rings. The second-order valence-electron chi connectivity index (χ2n) is 5.45. The molecule has 0 radical (unpaired) electrons. The lowest BCUT2D eigenvalue weighted by atomic mass is 10.1. The highest BCUT2D eigenvalue weighted by Crippen LogP contribution is 2.30. The van der Waals surface area contributed by atoms with Crippen LogP contribution in [-0.4, -0.2) is 25.5 Å². The third-order valence-electron chi connectivity index (χ3n) is 3.57. The molecule has 0 aliphatic heterocycles. The van der Waals surface area contributed by atoms with E-state index in [9.17, 15) is 14.0 Å². The number of nitrogens with zero attached hydrogens (tertiary/aromatic N) is 1. The van der Waals surface area contributed by atoms with Gasteiger partial charge in [0, 0.05) is 6.54 Å². The molecule has 28 heavy (non-hydrogen) atoms. The molecule has 2 aromatic rings. The minimum Gasteiger partial charge on any atom is -0.493 e. The Morgan fingerprint density at radius 3 is 2.64 bits per heavy atom. The van der Waals surface area contributed by atoms with E-state index in [1.54, 1.807) is 0 Å². The molecule has 2 rings (SSSR count). The fourth-order valence-electron chi connectivity index (χ4n) is 2.22. The molecule has 0 fully saturated rings. The number of amides is 1. The highest BCUT2D eigenvalue weighted by atomic mass is 19.1.